The van der Waals surface area contributed by atoms with Crippen LogP contribution in [0.2, 0.25) is 0 Å². The molecule has 1 atom stereocenters. The Labute approximate surface area is 197 Å². The maximum Gasteiger partial charge on any atom is 0.407 e. The van der Waals surface area contributed by atoms with Gasteiger partial charge in [0.25, 0.3) is 0 Å². The molecule has 0 unspecified atom stereocenters. The minimum absolute atomic E-state index is 0.275. The summed E-state index contributed by atoms with van der Waals surface area (Å²) < 4.78 is 11.1. The number of hydrogen-bond acceptors (Lipinski definition) is 5. The Morgan fingerprint density at radius 2 is 1.67 bits per heavy atom. The van der Waals surface area contributed by atoms with Crippen LogP contribution in [0, 0.1) is 0 Å². The molecule has 0 bridgehead atoms. The number of carbonyl (C=O) groups excluding carboxylic acids is 1. The second-order valence-electron chi connectivity index (χ2n) is 10.0. The monoisotopic (exact) mass is 451 g/mol. The lowest BCUT2D eigenvalue weighted by Gasteiger charge is -2.52. The summed E-state index contributed by atoms with van der Waals surface area (Å²) in [6, 6.07) is 22.7. The lowest BCUT2D eigenvalue weighted by Crippen LogP contribution is -2.65. The smallest absolute Gasteiger partial charge is 0.407 e. The summed E-state index contributed by atoms with van der Waals surface area (Å²) in [4.78, 5) is 17.1. The Morgan fingerprint density at radius 3 is 2.24 bits per heavy atom. The van der Waals surface area contributed by atoms with Crippen LogP contribution < -0.4 is 5.32 Å². The van der Waals surface area contributed by atoms with Crippen LogP contribution in [0.4, 0.5) is 4.79 Å². The van der Waals surface area contributed by atoms with E-state index in [4.69, 9.17) is 9.47 Å². The zero-order valence-corrected chi connectivity index (χ0v) is 20.1. The molecule has 1 amide bonds. The van der Waals surface area contributed by atoms with Crippen molar-refractivity contribution in [2.75, 3.05) is 39.4 Å². The molecule has 0 radical (unpaired) electrons. The largest absolute Gasteiger partial charge is 0.444 e. The Bertz CT molecular complexity index is 839. The first-order valence-electron chi connectivity index (χ1n) is 12.0. The number of carbonyl (C=O) groups is 1. The standard InChI is InChI=1S/C27H37N3O3/c1-27(2,3)33-26(31)28-15-14-23-20-32-17-16-30(23)24-18-29(19-24)25(21-10-6-4-7-11-21)22-12-8-5-9-13-22/h4-13,23-25H,14-20H2,1-3H3,(H,28,31)/t23-/m1/s1. The van der Waals surface area contributed by atoms with E-state index < -0.39 is 5.60 Å². The summed E-state index contributed by atoms with van der Waals surface area (Å²) in [6.07, 6.45) is 0.505. The topological polar surface area (TPSA) is 54.0 Å². The number of nitrogens with zero attached hydrogens (tertiary/aromatic N) is 2. The SMILES string of the molecule is CC(C)(C)OC(=O)NCC[C@@H]1COCCN1C1CN(C(c2ccccc2)c2ccccc2)C1. The average molecular weight is 452 g/mol. The molecule has 178 valence electrons. The molecule has 2 heterocycles. The van der Waals surface area contributed by atoms with Crippen molar-refractivity contribution in [2.45, 2.75) is 50.9 Å². The molecule has 2 aliphatic heterocycles. The molecule has 6 heteroatoms. The van der Waals surface area contributed by atoms with Crippen LogP contribution >= 0.6 is 0 Å². The van der Waals surface area contributed by atoms with E-state index in [1.54, 1.807) is 0 Å². The van der Waals surface area contributed by atoms with Crippen LogP contribution in [0.15, 0.2) is 60.7 Å². The fourth-order valence-corrected chi connectivity index (χ4v) is 4.85. The van der Waals surface area contributed by atoms with Crippen LogP contribution in [-0.4, -0.2) is 73.0 Å². The number of rotatable bonds is 7. The van der Waals surface area contributed by atoms with Gasteiger partial charge >= 0.3 is 6.09 Å². The van der Waals surface area contributed by atoms with Gasteiger partial charge in [0.1, 0.15) is 5.60 Å². The van der Waals surface area contributed by atoms with Crippen molar-refractivity contribution < 1.29 is 14.3 Å². The van der Waals surface area contributed by atoms with E-state index in [9.17, 15) is 4.79 Å². The van der Waals surface area contributed by atoms with E-state index >= 15 is 0 Å². The fourth-order valence-electron chi connectivity index (χ4n) is 4.85. The van der Waals surface area contributed by atoms with E-state index in [0.29, 0.717) is 25.2 Å². The number of nitrogens with one attached hydrogen (secondary N) is 1. The minimum atomic E-state index is -0.479. The van der Waals surface area contributed by atoms with Gasteiger partial charge in [-0.15, -0.1) is 0 Å². The summed E-state index contributed by atoms with van der Waals surface area (Å²) in [5.74, 6) is 0. The predicted molar refractivity (Wildman–Crippen MR) is 130 cm³/mol. The number of morpholine rings is 1. The van der Waals surface area contributed by atoms with Crippen LogP contribution in [0.3, 0.4) is 0 Å². The van der Waals surface area contributed by atoms with Crippen molar-refractivity contribution in [2.24, 2.45) is 0 Å². The van der Waals surface area contributed by atoms with Gasteiger partial charge in [-0.25, -0.2) is 4.79 Å². The molecule has 0 aromatic heterocycles. The molecule has 0 saturated carbocycles. The van der Waals surface area contributed by atoms with Crippen LogP contribution in [0.1, 0.15) is 44.4 Å². The van der Waals surface area contributed by atoms with Gasteiger partial charge in [-0.1, -0.05) is 60.7 Å². The lowest BCUT2D eigenvalue weighted by molar-refractivity contribution is -0.0764. The first kappa shape index (κ1) is 23.7. The molecule has 2 aliphatic rings. The molecule has 2 fully saturated rings. The molecule has 33 heavy (non-hydrogen) atoms. The van der Waals surface area contributed by atoms with E-state index in [0.717, 1.165) is 32.7 Å². The van der Waals surface area contributed by atoms with Crippen molar-refractivity contribution in [3.05, 3.63) is 71.8 Å². The van der Waals surface area contributed by atoms with Gasteiger partial charge in [-0.05, 0) is 38.3 Å². The van der Waals surface area contributed by atoms with Crippen molar-refractivity contribution >= 4 is 6.09 Å². The third-order valence-corrected chi connectivity index (χ3v) is 6.37. The van der Waals surface area contributed by atoms with Gasteiger partial charge < -0.3 is 14.8 Å². The molecule has 0 aliphatic carbocycles. The van der Waals surface area contributed by atoms with E-state index in [-0.39, 0.29) is 12.1 Å². The maximum absolute atomic E-state index is 12.0. The highest BCUT2D eigenvalue weighted by molar-refractivity contribution is 5.67. The van der Waals surface area contributed by atoms with Crippen molar-refractivity contribution in [1.29, 1.82) is 0 Å². The zero-order valence-electron chi connectivity index (χ0n) is 20.1. The van der Waals surface area contributed by atoms with Gasteiger partial charge in [0, 0.05) is 38.3 Å². The highest BCUT2D eigenvalue weighted by atomic mass is 16.6. The van der Waals surface area contributed by atoms with Crippen molar-refractivity contribution in [3.63, 3.8) is 0 Å². The van der Waals surface area contributed by atoms with Gasteiger partial charge in [0.15, 0.2) is 0 Å². The number of benzene rings is 2. The van der Waals surface area contributed by atoms with Crippen molar-refractivity contribution in [1.82, 2.24) is 15.1 Å². The predicted octanol–water partition coefficient (Wildman–Crippen LogP) is 4.08. The van der Waals surface area contributed by atoms with Gasteiger partial charge in [-0.3, -0.25) is 9.80 Å². The Balaban J connectivity index is 1.35. The summed E-state index contributed by atoms with van der Waals surface area (Å²) in [7, 11) is 0. The maximum atomic E-state index is 12.0. The summed E-state index contributed by atoms with van der Waals surface area (Å²) in [5.41, 5.74) is 2.19. The number of hydrogen-bond donors (Lipinski definition) is 1. The van der Waals surface area contributed by atoms with E-state index in [1.807, 2.05) is 20.8 Å². The highest BCUT2D eigenvalue weighted by Gasteiger charge is 2.40. The van der Waals surface area contributed by atoms with Gasteiger partial charge in [0.05, 0.1) is 19.3 Å². The van der Waals surface area contributed by atoms with Crippen LogP contribution in [0.5, 0.6) is 0 Å². The Hall–Kier alpha value is -2.41. The van der Waals surface area contributed by atoms with E-state index in [2.05, 4.69) is 75.8 Å². The first-order chi connectivity index (χ1) is 15.9. The number of ether oxygens (including phenoxy) is 2. The van der Waals surface area contributed by atoms with Crippen LogP contribution in [-0.2, 0) is 9.47 Å². The molecule has 6 nitrogen and oxygen atoms in total. The number of alkyl carbamates (subject to hydrolysis) is 1. The lowest BCUT2D eigenvalue weighted by atomic mass is 9.92. The molecule has 2 saturated heterocycles. The van der Waals surface area contributed by atoms with Gasteiger partial charge in [-0.2, -0.15) is 0 Å². The Morgan fingerprint density at radius 1 is 1.06 bits per heavy atom. The molecular weight excluding hydrogens is 414 g/mol. The molecule has 2 aromatic carbocycles. The second kappa shape index (κ2) is 10.7. The molecular formula is C27H37N3O3. The zero-order chi connectivity index (χ0) is 23.3. The summed E-state index contributed by atoms with van der Waals surface area (Å²) in [6.45, 7) is 10.7. The Kier molecular flexibility index (Phi) is 7.68. The fraction of sp³-hybridized carbons (Fsp3) is 0.519. The number of likely N-dealkylation sites (tertiary alicyclic amines) is 1. The minimum Gasteiger partial charge on any atom is -0.444 e. The average Bonchev–Trinajstić information content (AvgIpc) is 2.76. The summed E-state index contributed by atoms with van der Waals surface area (Å²) >= 11 is 0. The molecule has 1 N–H and O–H groups in total. The second-order valence-corrected chi connectivity index (χ2v) is 10.0. The van der Waals surface area contributed by atoms with Crippen LogP contribution in [0.25, 0.3) is 0 Å². The van der Waals surface area contributed by atoms with Gasteiger partial charge in [0.2, 0.25) is 0 Å². The molecule has 0 spiro atoms. The first-order valence-corrected chi connectivity index (χ1v) is 12.0. The van der Waals surface area contributed by atoms with E-state index in [1.165, 1.54) is 11.1 Å². The quantitative estimate of drug-likeness (QED) is 0.688. The third kappa shape index (κ3) is 6.34. The summed E-state index contributed by atoms with van der Waals surface area (Å²) in [5, 5.41) is 2.90. The van der Waals surface area contributed by atoms with Crippen molar-refractivity contribution in [3.8, 4) is 0 Å². The normalized spacial score (nSPS) is 20.4. The molecule has 4 rings (SSSR count). The number of amides is 1. The highest BCUT2D eigenvalue weighted by Crippen LogP contribution is 2.34. The third-order valence-electron chi connectivity index (χ3n) is 6.37. The molecule has 2 aromatic rings.